The van der Waals surface area contributed by atoms with Crippen LogP contribution in [0.1, 0.15) is 48.7 Å². The molecule has 0 fully saturated rings. The van der Waals surface area contributed by atoms with Crippen LogP contribution < -0.4 is 0 Å². The summed E-state index contributed by atoms with van der Waals surface area (Å²) in [6, 6.07) is 6.47. The van der Waals surface area contributed by atoms with E-state index in [9.17, 15) is 18.0 Å². The lowest BCUT2D eigenvalue weighted by Gasteiger charge is -2.13. The number of carbonyl (C=O) groups is 1. The molecule has 1 heterocycles. The molecule has 2 aromatic rings. The maximum Gasteiger partial charge on any atom is 0.435 e. The van der Waals surface area contributed by atoms with Crippen LogP contribution in [0.2, 0.25) is 5.02 Å². The highest BCUT2D eigenvalue weighted by molar-refractivity contribution is 6.32. The Kier molecular flexibility index (Phi) is 5.14. The lowest BCUT2D eigenvalue weighted by molar-refractivity contribution is -0.141. The summed E-state index contributed by atoms with van der Waals surface area (Å²) in [5.74, 6) is -0.509. The second-order valence-electron chi connectivity index (χ2n) is 5.17. The largest absolute Gasteiger partial charge is 0.435 e. The number of imidazole rings is 1. The Morgan fingerprint density at radius 2 is 1.96 bits per heavy atom. The van der Waals surface area contributed by atoms with Gasteiger partial charge < -0.3 is 0 Å². The second kappa shape index (κ2) is 6.74. The van der Waals surface area contributed by atoms with Gasteiger partial charge in [-0.25, -0.2) is 4.98 Å². The second-order valence-corrected chi connectivity index (χ2v) is 5.58. The van der Waals surface area contributed by atoms with Gasteiger partial charge in [-0.1, -0.05) is 37.1 Å². The van der Waals surface area contributed by atoms with Gasteiger partial charge in [-0.05, 0) is 18.6 Å². The van der Waals surface area contributed by atoms with E-state index in [1.807, 2.05) is 6.92 Å². The Hall–Kier alpha value is -1.82. The van der Waals surface area contributed by atoms with Crippen molar-refractivity contribution in [2.45, 2.75) is 39.3 Å². The first-order valence-electron chi connectivity index (χ1n) is 7.22. The van der Waals surface area contributed by atoms with Gasteiger partial charge >= 0.3 is 6.18 Å². The average Bonchev–Trinajstić information content (AvgIpc) is 2.85. The van der Waals surface area contributed by atoms with Gasteiger partial charge in [0.1, 0.15) is 11.5 Å². The van der Waals surface area contributed by atoms with Gasteiger partial charge in [0.05, 0.1) is 10.7 Å². The van der Waals surface area contributed by atoms with Gasteiger partial charge in [-0.3, -0.25) is 9.36 Å². The van der Waals surface area contributed by atoms with E-state index in [2.05, 4.69) is 4.98 Å². The van der Waals surface area contributed by atoms with Gasteiger partial charge in [0, 0.05) is 13.3 Å². The van der Waals surface area contributed by atoms with Crippen LogP contribution in [0, 0.1) is 0 Å². The number of aromatic nitrogens is 2. The maximum atomic E-state index is 13.3. The quantitative estimate of drug-likeness (QED) is 0.708. The Labute approximate surface area is 137 Å². The Morgan fingerprint density at radius 3 is 2.48 bits per heavy atom. The molecule has 23 heavy (non-hydrogen) atoms. The molecule has 0 saturated carbocycles. The predicted molar refractivity (Wildman–Crippen MR) is 82.2 cm³/mol. The number of ketones is 1. The zero-order chi connectivity index (χ0) is 17.2. The van der Waals surface area contributed by atoms with Crippen molar-refractivity contribution in [1.29, 1.82) is 0 Å². The Morgan fingerprint density at radius 1 is 1.30 bits per heavy atom. The minimum Gasteiger partial charge on any atom is -0.293 e. The number of hydrogen-bond acceptors (Lipinski definition) is 2. The van der Waals surface area contributed by atoms with Crippen LogP contribution in [-0.4, -0.2) is 15.3 Å². The van der Waals surface area contributed by atoms with Crippen molar-refractivity contribution >= 4 is 17.4 Å². The minimum atomic E-state index is -4.70. The van der Waals surface area contributed by atoms with Crippen molar-refractivity contribution in [3.63, 3.8) is 0 Å². The van der Waals surface area contributed by atoms with Crippen molar-refractivity contribution in [2.75, 3.05) is 0 Å². The van der Waals surface area contributed by atoms with Crippen LogP contribution in [-0.2, 0) is 12.6 Å². The molecule has 1 aromatic carbocycles. The number of benzene rings is 1. The fourth-order valence-corrected chi connectivity index (χ4v) is 2.60. The van der Waals surface area contributed by atoms with Crippen molar-refractivity contribution in [2.24, 2.45) is 0 Å². The third kappa shape index (κ3) is 3.58. The molecule has 0 atom stereocenters. The third-order valence-electron chi connectivity index (χ3n) is 3.40. The van der Waals surface area contributed by atoms with E-state index in [-0.39, 0.29) is 10.8 Å². The average molecular weight is 345 g/mol. The summed E-state index contributed by atoms with van der Waals surface area (Å²) in [6.07, 6.45) is -2.91. The highest BCUT2D eigenvalue weighted by Gasteiger charge is 2.40. The van der Waals surface area contributed by atoms with E-state index in [1.165, 1.54) is 4.57 Å². The molecule has 0 unspecified atom stereocenters. The summed E-state index contributed by atoms with van der Waals surface area (Å²) in [5, 5.41) is 0.263. The molecule has 2 rings (SSSR count). The van der Waals surface area contributed by atoms with Gasteiger partial charge in [0.2, 0.25) is 0 Å². The number of hydrogen-bond donors (Lipinski definition) is 0. The standard InChI is InChI=1S/C16H16ClF3N2O/c1-3-4-9-13-21-15(16(18,19)20)14(10(2)23)22(13)12-8-6-5-7-11(12)17/h5-8H,3-4,9H2,1-2H3. The molecule has 0 aliphatic rings. The first kappa shape index (κ1) is 17.5. The molecule has 0 spiro atoms. The smallest absolute Gasteiger partial charge is 0.293 e. The van der Waals surface area contributed by atoms with Gasteiger partial charge in [0.25, 0.3) is 0 Å². The van der Waals surface area contributed by atoms with Crippen LogP contribution in [0.4, 0.5) is 13.2 Å². The molecular weight excluding hydrogens is 329 g/mol. The minimum absolute atomic E-state index is 0.192. The SMILES string of the molecule is CCCCc1nc(C(F)(F)F)c(C(C)=O)n1-c1ccccc1Cl. The van der Waals surface area contributed by atoms with Crippen LogP contribution in [0.3, 0.4) is 0 Å². The number of alkyl halides is 3. The number of carbonyl (C=O) groups excluding carboxylic acids is 1. The highest BCUT2D eigenvalue weighted by atomic mass is 35.5. The van der Waals surface area contributed by atoms with E-state index >= 15 is 0 Å². The Balaban J connectivity index is 2.78. The number of halogens is 4. The van der Waals surface area contributed by atoms with E-state index in [0.717, 1.165) is 13.3 Å². The zero-order valence-electron chi connectivity index (χ0n) is 12.7. The number of unbranched alkanes of at least 4 members (excludes halogenated alkanes) is 1. The molecule has 0 N–H and O–H groups in total. The molecule has 0 saturated heterocycles. The van der Waals surface area contributed by atoms with Gasteiger partial charge in [-0.15, -0.1) is 0 Å². The molecule has 0 bridgehead atoms. The molecule has 3 nitrogen and oxygen atoms in total. The van der Waals surface area contributed by atoms with Crippen molar-refractivity contribution in [3.8, 4) is 5.69 Å². The third-order valence-corrected chi connectivity index (χ3v) is 3.72. The summed E-state index contributed by atoms with van der Waals surface area (Å²) < 4.78 is 41.1. The molecular formula is C16H16ClF3N2O. The van der Waals surface area contributed by atoms with Crippen LogP contribution in [0.25, 0.3) is 5.69 Å². The summed E-state index contributed by atoms with van der Waals surface area (Å²) in [7, 11) is 0. The molecule has 0 aliphatic carbocycles. The molecule has 1 aromatic heterocycles. The normalized spacial score (nSPS) is 11.7. The van der Waals surface area contributed by atoms with Crippen molar-refractivity contribution in [1.82, 2.24) is 9.55 Å². The summed E-state index contributed by atoms with van der Waals surface area (Å²) >= 11 is 6.12. The number of nitrogens with zero attached hydrogens (tertiary/aromatic N) is 2. The van der Waals surface area contributed by atoms with E-state index in [4.69, 9.17) is 11.6 Å². The number of Topliss-reactive ketones (excluding diaryl/α,β-unsaturated/α-hetero) is 1. The predicted octanol–water partition coefficient (Wildman–Crippen LogP) is 5.09. The summed E-state index contributed by atoms with van der Waals surface area (Å²) in [5.41, 5.74) is -1.30. The van der Waals surface area contributed by atoms with Gasteiger partial charge in [0.15, 0.2) is 11.5 Å². The molecule has 0 aliphatic heterocycles. The van der Waals surface area contributed by atoms with Crippen LogP contribution in [0.15, 0.2) is 24.3 Å². The van der Waals surface area contributed by atoms with Crippen LogP contribution in [0.5, 0.6) is 0 Å². The topological polar surface area (TPSA) is 34.9 Å². The lowest BCUT2D eigenvalue weighted by atomic mass is 10.2. The zero-order valence-corrected chi connectivity index (χ0v) is 13.5. The molecule has 0 radical (unpaired) electrons. The fourth-order valence-electron chi connectivity index (χ4n) is 2.38. The van der Waals surface area contributed by atoms with Gasteiger partial charge in [-0.2, -0.15) is 13.2 Å². The lowest BCUT2D eigenvalue weighted by Crippen LogP contribution is -2.14. The number of aryl methyl sites for hydroxylation is 1. The summed E-state index contributed by atoms with van der Waals surface area (Å²) in [4.78, 5) is 15.6. The van der Waals surface area contributed by atoms with E-state index in [0.29, 0.717) is 18.5 Å². The molecule has 7 heteroatoms. The maximum absolute atomic E-state index is 13.3. The first-order valence-corrected chi connectivity index (χ1v) is 7.59. The first-order chi connectivity index (χ1) is 10.8. The van der Waals surface area contributed by atoms with E-state index in [1.54, 1.807) is 24.3 Å². The monoisotopic (exact) mass is 344 g/mol. The fraction of sp³-hybridized carbons (Fsp3) is 0.375. The summed E-state index contributed by atoms with van der Waals surface area (Å²) in [6.45, 7) is 3.03. The van der Waals surface area contributed by atoms with Crippen molar-refractivity contribution in [3.05, 3.63) is 46.5 Å². The Bertz CT molecular complexity index is 723. The van der Waals surface area contributed by atoms with Crippen molar-refractivity contribution < 1.29 is 18.0 Å². The highest BCUT2D eigenvalue weighted by Crippen LogP contribution is 2.35. The van der Waals surface area contributed by atoms with E-state index < -0.39 is 23.3 Å². The molecule has 0 amide bonds. The molecule has 124 valence electrons. The number of rotatable bonds is 5. The van der Waals surface area contributed by atoms with Crippen LogP contribution >= 0.6 is 11.6 Å². The number of para-hydroxylation sites is 1.